The summed E-state index contributed by atoms with van der Waals surface area (Å²) in [7, 11) is 6.27. The van der Waals surface area contributed by atoms with Crippen LogP contribution in [0.5, 0.6) is 23.0 Å². The lowest BCUT2D eigenvalue weighted by Crippen LogP contribution is -2.10. The SMILES string of the molecule is COCCOCOc1c(C)c(Br)c(OC)c(OC)c1OC. The highest BCUT2D eigenvalue weighted by Gasteiger charge is 2.24. The third-order valence-corrected chi connectivity index (χ3v) is 3.77. The number of ether oxygens (including phenoxy) is 6. The van der Waals surface area contributed by atoms with E-state index in [0.717, 1.165) is 10.0 Å². The summed E-state index contributed by atoms with van der Waals surface area (Å²) in [5.41, 5.74) is 0.833. The average molecular weight is 365 g/mol. The fraction of sp³-hybridized carbons (Fsp3) is 0.571. The fourth-order valence-corrected chi connectivity index (χ4v) is 2.30. The van der Waals surface area contributed by atoms with E-state index in [-0.39, 0.29) is 6.79 Å². The first-order chi connectivity index (χ1) is 10.1. The van der Waals surface area contributed by atoms with Gasteiger partial charge < -0.3 is 28.4 Å². The van der Waals surface area contributed by atoms with Crippen molar-refractivity contribution in [2.75, 3.05) is 48.4 Å². The van der Waals surface area contributed by atoms with Crippen LogP contribution in [0.1, 0.15) is 5.56 Å². The predicted molar refractivity (Wildman–Crippen MR) is 81.9 cm³/mol. The molecule has 120 valence electrons. The highest BCUT2D eigenvalue weighted by Crippen LogP contribution is 2.51. The maximum atomic E-state index is 5.66. The van der Waals surface area contributed by atoms with Crippen LogP contribution in [0, 0.1) is 6.92 Å². The first-order valence-electron chi connectivity index (χ1n) is 6.29. The molecule has 0 aliphatic rings. The van der Waals surface area contributed by atoms with Gasteiger partial charge in [0.2, 0.25) is 11.5 Å². The number of methoxy groups -OCH3 is 4. The van der Waals surface area contributed by atoms with Gasteiger partial charge in [-0.05, 0) is 22.9 Å². The van der Waals surface area contributed by atoms with Crippen molar-refractivity contribution in [3.05, 3.63) is 10.0 Å². The molecule has 0 heterocycles. The highest BCUT2D eigenvalue weighted by atomic mass is 79.9. The summed E-state index contributed by atoms with van der Waals surface area (Å²) in [4.78, 5) is 0. The van der Waals surface area contributed by atoms with Gasteiger partial charge in [-0.25, -0.2) is 0 Å². The number of hydrogen-bond donors (Lipinski definition) is 0. The summed E-state index contributed by atoms with van der Waals surface area (Å²) in [5, 5.41) is 0. The van der Waals surface area contributed by atoms with E-state index in [0.29, 0.717) is 36.2 Å². The molecule has 1 rings (SSSR count). The minimum absolute atomic E-state index is 0.0858. The predicted octanol–water partition coefficient (Wildman–Crippen LogP) is 2.78. The molecule has 0 bridgehead atoms. The molecule has 0 unspecified atom stereocenters. The normalized spacial score (nSPS) is 10.4. The smallest absolute Gasteiger partial charge is 0.208 e. The number of halogens is 1. The lowest BCUT2D eigenvalue weighted by atomic mass is 10.1. The second kappa shape index (κ2) is 8.96. The molecule has 0 aliphatic carbocycles. The van der Waals surface area contributed by atoms with Gasteiger partial charge in [0.25, 0.3) is 0 Å². The van der Waals surface area contributed by atoms with Crippen molar-refractivity contribution in [2.45, 2.75) is 6.92 Å². The lowest BCUT2D eigenvalue weighted by Gasteiger charge is -2.20. The summed E-state index contributed by atoms with van der Waals surface area (Å²) in [6.45, 7) is 2.93. The van der Waals surface area contributed by atoms with Gasteiger partial charge in [0, 0.05) is 12.7 Å². The monoisotopic (exact) mass is 364 g/mol. The third kappa shape index (κ3) is 4.15. The van der Waals surface area contributed by atoms with Gasteiger partial charge >= 0.3 is 0 Å². The first-order valence-corrected chi connectivity index (χ1v) is 7.09. The third-order valence-electron chi connectivity index (χ3n) is 2.82. The Morgan fingerprint density at radius 1 is 0.810 bits per heavy atom. The molecule has 0 aromatic heterocycles. The number of hydrogen-bond acceptors (Lipinski definition) is 6. The van der Waals surface area contributed by atoms with Crippen molar-refractivity contribution in [1.82, 2.24) is 0 Å². The van der Waals surface area contributed by atoms with Crippen LogP contribution < -0.4 is 18.9 Å². The molecular weight excluding hydrogens is 344 g/mol. The number of benzene rings is 1. The Labute approximate surface area is 133 Å². The Morgan fingerprint density at radius 2 is 1.38 bits per heavy atom. The van der Waals surface area contributed by atoms with E-state index < -0.39 is 0 Å². The quantitative estimate of drug-likeness (QED) is 0.496. The van der Waals surface area contributed by atoms with Crippen molar-refractivity contribution in [1.29, 1.82) is 0 Å². The van der Waals surface area contributed by atoms with E-state index in [2.05, 4.69) is 15.9 Å². The second-order valence-corrected chi connectivity index (χ2v) is 4.82. The molecule has 21 heavy (non-hydrogen) atoms. The van der Waals surface area contributed by atoms with Gasteiger partial charge in [-0.1, -0.05) is 0 Å². The van der Waals surface area contributed by atoms with E-state index in [4.69, 9.17) is 28.4 Å². The van der Waals surface area contributed by atoms with Gasteiger partial charge in [0.05, 0.1) is 39.0 Å². The molecule has 0 N–H and O–H groups in total. The van der Waals surface area contributed by atoms with E-state index in [1.807, 2.05) is 6.92 Å². The molecule has 0 amide bonds. The maximum absolute atomic E-state index is 5.66. The molecule has 0 aliphatic heterocycles. The van der Waals surface area contributed by atoms with Gasteiger partial charge in [-0.3, -0.25) is 0 Å². The molecular formula is C14H21BrO6. The fourth-order valence-electron chi connectivity index (χ4n) is 1.77. The second-order valence-electron chi connectivity index (χ2n) is 4.03. The molecule has 0 radical (unpaired) electrons. The molecule has 0 spiro atoms. The van der Waals surface area contributed by atoms with Gasteiger partial charge in [0.15, 0.2) is 18.3 Å². The van der Waals surface area contributed by atoms with Crippen LogP contribution in [0.4, 0.5) is 0 Å². The Kier molecular flexibility index (Phi) is 7.63. The van der Waals surface area contributed by atoms with E-state index in [1.165, 1.54) is 0 Å². The van der Waals surface area contributed by atoms with Crippen molar-refractivity contribution < 1.29 is 28.4 Å². The molecule has 1 aromatic rings. The molecule has 0 saturated heterocycles. The molecule has 1 aromatic carbocycles. The average Bonchev–Trinajstić information content (AvgIpc) is 2.50. The van der Waals surface area contributed by atoms with Gasteiger partial charge in [0.1, 0.15) is 0 Å². The van der Waals surface area contributed by atoms with Crippen LogP contribution in [-0.4, -0.2) is 48.4 Å². The van der Waals surface area contributed by atoms with Crippen LogP contribution in [0.2, 0.25) is 0 Å². The van der Waals surface area contributed by atoms with Crippen molar-refractivity contribution in [3.63, 3.8) is 0 Å². The van der Waals surface area contributed by atoms with Crippen LogP contribution >= 0.6 is 15.9 Å². The van der Waals surface area contributed by atoms with Crippen LogP contribution in [0.3, 0.4) is 0 Å². The van der Waals surface area contributed by atoms with Crippen LogP contribution in [-0.2, 0) is 9.47 Å². The van der Waals surface area contributed by atoms with Crippen molar-refractivity contribution in [2.24, 2.45) is 0 Å². The Bertz CT molecular complexity index is 464. The minimum atomic E-state index is 0.0858. The highest BCUT2D eigenvalue weighted by molar-refractivity contribution is 9.10. The zero-order chi connectivity index (χ0) is 15.8. The molecule has 7 heteroatoms. The Morgan fingerprint density at radius 3 is 1.90 bits per heavy atom. The Hall–Kier alpha value is -1.18. The number of rotatable bonds is 9. The van der Waals surface area contributed by atoms with Crippen LogP contribution in [0.15, 0.2) is 4.47 Å². The maximum Gasteiger partial charge on any atom is 0.208 e. The van der Waals surface area contributed by atoms with Crippen LogP contribution in [0.25, 0.3) is 0 Å². The first kappa shape index (κ1) is 17.9. The van der Waals surface area contributed by atoms with E-state index in [9.17, 15) is 0 Å². The molecule has 6 nitrogen and oxygen atoms in total. The molecule has 0 fully saturated rings. The zero-order valence-corrected chi connectivity index (χ0v) is 14.5. The molecule has 0 atom stereocenters. The summed E-state index contributed by atoms with van der Waals surface area (Å²) >= 11 is 3.48. The van der Waals surface area contributed by atoms with Crippen molar-refractivity contribution >= 4 is 15.9 Å². The summed E-state index contributed by atoms with van der Waals surface area (Å²) in [6, 6.07) is 0. The topological polar surface area (TPSA) is 55.4 Å². The lowest BCUT2D eigenvalue weighted by molar-refractivity contribution is -0.00994. The van der Waals surface area contributed by atoms with E-state index >= 15 is 0 Å². The molecule has 0 saturated carbocycles. The Balaban J connectivity index is 3.04. The minimum Gasteiger partial charge on any atom is -0.492 e. The van der Waals surface area contributed by atoms with Crippen molar-refractivity contribution in [3.8, 4) is 23.0 Å². The van der Waals surface area contributed by atoms with Gasteiger partial charge in [-0.15, -0.1) is 0 Å². The van der Waals surface area contributed by atoms with Gasteiger partial charge in [-0.2, -0.15) is 0 Å². The summed E-state index contributed by atoms with van der Waals surface area (Å²) in [6.07, 6.45) is 0. The zero-order valence-electron chi connectivity index (χ0n) is 12.9. The summed E-state index contributed by atoms with van der Waals surface area (Å²) < 4.78 is 32.7. The summed E-state index contributed by atoms with van der Waals surface area (Å²) in [5.74, 6) is 2.02. The largest absolute Gasteiger partial charge is 0.492 e. The standard InChI is InChI=1S/C14H21BrO6/c1-9-10(15)12(17-3)14(19-5)13(18-4)11(9)21-8-20-7-6-16-2/h6-8H2,1-5H3. The van der Waals surface area contributed by atoms with E-state index in [1.54, 1.807) is 28.4 Å².